The van der Waals surface area contributed by atoms with Gasteiger partial charge in [-0.3, -0.25) is 10.1 Å². The first-order valence-electron chi connectivity index (χ1n) is 6.14. The Balaban J connectivity index is 2.57. The van der Waals surface area contributed by atoms with Crippen LogP contribution in [0.2, 0.25) is 0 Å². The molecule has 0 aliphatic heterocycles. The van der Waals surface area contributed by atoms with Crippen molar-refractivity contribution in [1.29, 1.82) is 0 Å². The predicted molar refractivity (Wildman–Crippen MR) is 71.1 cm³/mol. The zero-order valence-electron chi connectivity index (χ0n) is 11.5. The van der Waals surface area contributed by atoms with E-state index >= 15 is 0 Å². The fraction of sp³-hybridized carbons (Fsp3) is 0.538. The Kier molecular flexibility index (Phi) is 6.67. The molecular weight excluding hydrogens is 248 g/mol. The summed E-state index contributed by atoms with van der Waals surface area (Å²) in [6, 6.07) is 3.41. The molecule has 0 aliphatic rings. The standard InChI is InChI=1S/C13H20N2O4/c1-10(2)9-14-13(19-8-7-17-3)15-12(16)11-5-4-6-18-11/h4-6,10H,7-9H2,1-3H3,(H,14,15,16). The van der Waals surface area contributed by atoms with Gasteiger partial charge in [-0.15, -0.1) is 0 Å². The third-order valence-electron chi connectivity index (χ3n) is 2.09. The number of nitrogens with one attached hydrogen (secondary N) is 1. The number of hydrogen-bond acceptors (Lipinski definition) is 5. The van der Waals surface area contributed by atoms with Crippen molar-refractivity contribution < 1.29 is 18.7 Å². The lowest BCUT2D eigenvalue weighted by Crippen LogP contribution is -2.33. The van der Waals surface area contributed by atoms with Gasteiger partial charge in [0.1, 0.15) is 6.61 Å². The molecule has 19 heavy (non-hydrogen) atoms. The lowest BCUT2D eigenvalue weighted by Gasteiger charge is -2.10. The van der Waals surface area contributed by atoms with Gasteiger partial charge in [0.2, 0.25) is 0 Å². The van der Waals surface area contributed by atoms with E-state index in [2.05, 4.69) is 10.3 Å². The summed E-state index contributed by atoms with van der Waals surface area (Å²) < 4.78 is 15.2. The van der Waals surface area contributed by atoms with Gasteiger partial charge in [-0.25, -0.2) is 4.99 Å². The summed E-state index contributed by atoms with van der Waals surface area (Å²) in [5, 5.41) is 2.57. The molecule has 6 heteroatoms. The van der Waals surface area contributed by atoms with Gasteiger partial charge in [-0.2, -0.15) is 0 Å². The van der Waals surface area contributed by atoms with Crippen LogP contribution in [-0.4, -0.2) is 38.8 Å². The van der Waals surface area contributed by atoms with Crippen LogP contribution in [0, 0.1) is 5.92 Å². The number of aliphatic imine (C=N–C) groups is 1. The molecule has 1 amide bonds. The van der Waals surface area contributed by atoms with Gasteiger partial charge < -0.3 is 13.9 Å². The first kappa shape index (κ1) is 15.2. The molecule has 0 saturated heterocycles. The third-order valence-corrected chi connectivity index (χ3v) is 2.09. The molecule has 1 aromatic heterocycles. The monoisotopic (exact) mass is 268 g/mol. The number of hydrogen-bond donors (Lipinski definition) is 1. The Morgan fingerprint density at radius 2 is 2.26 bits per heavy atom. The number of nitrogens with zero attached hydrogens (tertiary/aromatic N) is 1. The maximum Gasteiger partial charge on any atom is 0.294 e. The van der Waals surface area contributed by atoms with Gasteiger partial charge in [0.15, 0.2) is 5.76 Å². The van der Waals surface area contributed by atoms with E-state index in [-0.39, 0.29) is 17.7 Å². The number of carbonyl (C=O) groups is 1. The summed E-state index contributed by atoms with van der Waals surface area (Å²) >= 11 is 0. The van der Waals surface area contributed by atoms with E-state index < -0.39 is 0 Å². The van der Waals surface area contributed by atoms with E-state index in [9.17, 15) is 4.79 Å². The van der Waals surface area contributed by atoms with Crippen molar-refractivity contribution in [2.24, 2.45) is 10.9 Å². The van der Waals surface area contributed by atoms with Crippen LogP contribution in [0.25, 0.3) is 0 Å². The van der Waals surface area contributed by atoms with Gasteiger partial charge in [-0.1, -0.05) is 13.8 Å². The second kappa shape index (κ2) is 8.31. The van der Waals surface area contributed by atoms with Crippen LogP contribution in [0.4, 0.5) is 0 Å². The highest BCUT2D eigenvalue weighted by molar-refractivity contribution is 6.02. The molecule has 1 N–H and O–H groups in total. The largest absolute Gasteiger partial charge is 0.463 e. The van der Waals surface area contributed by atoms with Crippen LogP contribution in [0.5, 0.6) is 0 Å². The van der Waals surface area contributed by atoms with Crippen LogP contribution in [0.1, 0.15) is 24.4 Å². The predicted octanol–water partition coefficient (Wildman–Crippen LogP) is 1.68. The Morgan fingerprint density at radius 3 is 2.84 bits per heavy atom. The Hall–Kier alpha value is -1.82. The molecular formula is C13H20N2O4. The van der Waals surface area contributed by atoms with Crippen LogP contribution in [-0.2, 0) is 9.47 Å². The summed E-state index contributed by atoms with van der Waals surface area (Å²) in [5.41, 5.74) is 0. The summed E-state index contributed by atoms with van der Waals surface area (Å²) in [7, 11) is 1.58. The van der Waals surface area contributed by atoms with E-state index in [0.29, 0.717) is 25.7 Å². The Labute approximate surface area is 112 Å². The topological polar surface area (TPSA) is 73.1 Å². The maximum absolute atomic E-state index is 11.8. The smallest absolute Gasteiger partial charge is 0.294 e. The fourth-order valence-corrected chi connectivity index (χ4v) is 1.17. The molecule has 1 aromatic rings. The molecule has 0 fully saturated rings. The van der Waals surface area contributed by atoms with Gasteiger partial charge in [0.05, 0.1) is 12.9 Å². The molecule has 0 atom stereocenters. The Bertz CT molecular complexity index is 399. The van der Waals surface area contributed by atoms with E-state index in [4.69, 9.17) is 13.9 Å². The fourth-order valence-electron chi connectivity index (χ4n) is 1.17. The SMILES string of the molecule is COCCOC(=NCC(C)C)NC(=O)c1ccco1. The quantitative estimate of drug-likeness (QED) is 0.484. The van der Waals surface area contributed by atoms with Crippen LogP contribution in [0.15, 0.2) is 27.8 Å². The highest BCUT2D eigenvalue weighted by atomic mass is 16.5. The lowest BCUT2D eigenvalue weighted by molar-refractivity contribution is 0.0927. The second-order valence-electron chi connectivity index (χ2n) is 4.31. The molecule has 1 heterocycles. The van der Waals surface area contributed by atoms with Gasteiger partial charge in [0.25, 0.3) is 11.9 Å². The zero-order valence-corrected chi connectivity index (χ0v) is 11.5. The molecule has 0 unspecified atom stereocenters. The number of rotatable bonds is 6. The third kappa shape index (κ3) is 6.05. The van der Waals surface area contributed by atoms with Crippen molar-refractivity contribution >= 4 is 11.9 Å². The molecule has 0 saturated carbocycles. The highest BCUT2D eigenvalue weighted by Crippen LogP contribution is 2.00. The minimum absolute atomic E-state index is 0.187. The first-order valence-corrected chi connectivity index (χ1v) is 6.14. The van der Waals surface area contributed by atoms with Crippen LogP contribution < -0.4 is 5.32 Å². The van der Waals surface area contributed by atoms with E-state index in [0.717, 1.165) is 0 Å². The van der Waals surface area contributed by atoms with E-state index in [1.807, 2.05) is 13.8 Å². The normalized spacial score (nSPS) is 11.7. The average molecular weight is 268 g/mol. The molecule has 0 bridgehead atoms. The number of ether oxygens (including phenoxy) is 2. The van der Waals surface area contributed by atoms with Gasteiger partial charge in [0, 0.05) is 13.7 Å². The molecule has 0 radical (unpaired) electrons. The number of methoxy groups -OCH3 is 1. The molecule has 0 spiro atoms. The van der Waals surface area contributed by atoms with Crippen molar-refractivity contribution in [3.8, 4) is 0 Å². The highest BCUT2D eigenvalue weighted by Gasteiger charge is 2.12. The van der Waals surface area contributed by atoms with Crippen molar-refractivity contribution in [2.45, 2.75) is 13.8 Å². The van der Waals surface area contributed by atoms with Crippen LogP contribution in [0.3, 0.4) is 0 Å². The average Bonchev–Trinajstić information content (AvgIpc) is 2.89. The molecule has 0 aromatic carbocycles. The lowest BCUT2D eigenvalue weighted by atomic mass is 10.2. The molecule has 1 rings (SSSR count). The van der Waals surface area contributed by atoms with E-state index in [1.165, 1.54) is 6.26 Å². The maximum atomic E-state index is 11.8. The van der Waals surface area contributed by atoms with Crippen LogP contribution >= 0.6 is 0 Å². The number of furan rings is 1. The number of amides is 1. The van der Waals surface area contributed by atoms with E-state index in [1.54, 1.807) is 19.2 Å². The second-order valence-corrected chi connectivity index (χ2v) is 4.31. The summed E-state index contributed by atoms with van der Waals surface area (Å²) in [5.74, 6) is 0.207. The Morgan fingerprint density at radius 1 is 1.47 bits per heavy atom. The van der Waals surface area contributed by atoms with Crippen molar-refractivity contribution in [2.75, 3.05) is 26.9 Å². The molecule has 106 valence electrons. The summed E-state index contributed by atoms with van der Waals surface area (Å²) in [4.78, 5) is 16.0. The summed E-state index contributed by atoms with van der Waals surface area (Å²) in [6.45, 7) is 5.39. The molecule has 0 aliphatic carbocycles. The number of amidine groups is 1. The minimum Gasteiger partial charge on any atom is -0.463 e. The van der Waals surface area contributed by atoms with Gasteiger partial charge >= 0.3 is 0 Å². The van der Waals surface area contributed by atoms with Gasteiger partial charge in [-0.05, 0) is 18.1 Å². The summed E-state index contributed by atoms with van der Waals surface area (Å²) in [6.07, 6.45) is 1.44. The van der Waals surface area contributed by atoms with Crippen molar-refractivity contribution in [3.63, 3.8) is 0 Å². The minimum atomic E-state index is -0.384. The van der Waals surface area contributed by atoms with Crippen molar-refractivity contribution in [1.82, 2.24) is 5.32 Å². The molecule has 6 nitrogen and oxygen atoms in total. The first-order chi connectivity index (χ1) is 9.13. The zero-order chi connectivity index (χ0) is 14.1. The number of carbonyl (C=O) groups excluding carboxylic acids is 1. The van der Waals surface area contributed by atoms with Crippen molar-refractivity contribution in [3.05, 3.63) is 24.2 Å².